The summed E-state index contributed by atoms with van der Waals surface area (Å²) in [4.78, 5) is 20.1. The van der Waals surface area contributed by atoms with E-state index in [2.05, 4.69) is 34.1 Å². The van der Waals surface area contributed by atoms with Crippen molar-refractivity contribution < 1.29 is 9.47 Å². The summed E-state index contributed by atoms with van der Waals surface area (Å²) in [5.74, 6) is 1.38. The third kappa shape index (κ3) is 5.30. The standard InChI is InChI=1S/C26H32N6O3/c1-6-30-16-19(14-29-30)24-15-28-25-8-7-20(17-32(25)26(24)33)31(10-9-27-18(2)3)21-11-22(34-4)13-23(12-21)35-5/h7-8,11-18,27H,6,9-10H2,1-5H3. The van der Waals surface area contributed by atoms with Gasteiger partial charge in [0.2, 0.25) is 0 Å². The average molecular weight is 477 g/mol. The second kappa shape index (κ2) is 10.6. The van der Waals surface area contributed by atoms with E-state index in [1.54, 1.807) is 35.7 Å². The number of fused-ring (bicyclic) bond motifs is 1. The van der Waals surface area contributed by atoms with Gasteiger partial charge in [-0.25, -0.2) is 4.98 Å². The number of ether oxygens (including phenoxy) is 2. The van der Waals surface area contributed by atoms with Crippen molar-refractivity contribution in [3.8, 4) is 22.6 Å². The Labute approximate surface area is 204 Å². The maximum atomic E-state index is 13.5. The molecule has 0 aliphatic rings. The fraction of sp³-hybridized carbons (Fsp3) is 0.346. The molecule has 9 nitrogen and oxygen atoms in total. The molecule has 184 valence electrons. The molecule has 0 saturated carbocycles. The van der Waals surface area contributed by atoms with Gasteiger partial charge in [-0.3, -0.25) is 13.9 Å². The number of anilines is 2. The van der Waals surface area contributed by atoms with Crippen LogP contribution in [0.2, 0.25) is 0 Å². The quantitative estimate of drug-likeness (QED) is 0.373. The zero-order valence-electron chi connectivity index (χ0n) is 20.9. The molecule has 1 aromatic carbocycles. The monoisotopic (exact) mass is 476 g/mol. The molecule has 0 radical (unpaired) electrons. The van der Waals surface area contributed by atoms with E-state index in [9.17, 15) is 4.79 Å². The Bertz CT molecular complexity index is 1340. The van der Waals surface area contributed by atoms with E-state index in [0.717, 1.165) is 30.0 Å². The molecule has 0 bridgehead atoms. The lowest BCUT2D eigenvalue weighted by Gasteiger charge is -2.27. The minimum Gasteiger partial charge on any atom is -0.497 e. The van der Waals surface area contributed by atoms with Gasteiger partial charge in [0.05, 0.1) is 31.7 Å². The van der Waals surface area contributed by atoms with Gasteiger partial charge < -0.3 is 19.7 Å². The van der Waals surface area contributed by atoms with E-state index in [1.165, 1.54) is 0 Å². The topological polar surface area (TPSA) is 85.9 Å². The molecule has 0 aliphatic carbocycles. The van der Waals surface area contributed by atoms with Crippen LogP contribution in [0.3, 0.4) is 0 Å². The Morgan fingerprint density at radius 1 is 1.03 bits per heavy atom. The van der Waals surface area contributed by atoms with E-state index in [4.69, 9.17) is 9.47 Å². The molecule has 0 atom stereocenters. The van der Waals surface area contributed by atoms with E-state index >= 15 is 0 Å². The lowest BCUT2D eigenvalue weighted by molar-refractivity contribution is 0.394. The fourth-order valence-corrected chi connectivity index (χ4v) is 3.92. The van der Waals surface area contributed by atoms with Gasteiger partial charge in [-0.05, 0) is 19.1 Å². The normalized spacial score (nSPS) is 11.3. The SMILES string of the molecule is CCn1cc(-c2cnc3ccc(N(CCNC(C)C)c4cc(OC)cc(OC)c4)cn3c2=O)cn1. The number of rotatable bonds is 10. The Balaban J connectivity index is 1.81. The number of hydrogen-bond donors (Lipinski definition) is 1. The highest BCUT2D eigenvalue weighted by molar-refractivity contribution is 5.68. The van der Waals surface area contributed by atoms with Crippen LogP contribution >= 0.6 is 0 Å². The second-order valence-electron chi connectivity index (χ2n) is 8.51. The summed E-state index contributed by atoms with van der Waals surface area (Å²) >= 11 is 0. The van der Waals surface area contributed by atoms with Gasteiger partial charge in [-0.2, -0.15) is 5.10 Å². The van der Waals surface area contributed by atoms with Crippen molar-refractivity contribution in [1.29, 1.82) is 0 Å². The second-order valence-corrected chi connectivity index (χ2v) is 8.51. The molecular formula is C26H32N6O3. The van der Waals surface area contributed by atoms with Gasteiger partial charge in [0.15, 0.2) is 0 Å². The molecule has 4 rings (SSSR count). The van der Waals surface area contributed by atoms with Crippen LogP contribution < -0.4 is 25.2 Å². The minimum absolute atomic E-state index is 0.143. The highest BCUT2D eigenvalue weighted by atomic mass is 16.5. The van der Waals surface area contributed by atoms with E-state index in [-0.39, 0.29) is 5.56 Å². The van der Waals surface area contributed by atoms with Crippen molar-refractivity contribution in [3.05, 3.63) is 65.5 Å². The molecule has 0 fully saturated rings. The van der Waals surface area contributed by atoms with Crippen LogP contribution in [0.4, 0.5) is 11.4 Å². The molecule has 0 saturated heterocycles. The number of methoxy groups -OCH3 is 2. The third-order valence-corrected chi connectivity index (χ3v) is 5.80. The van der Waals surface area contributed by atoms with Crippen LogP contribution in [0.5, 0.6) is 11.5 Å². The Morgan fingerprint density at radius 3 is 2.40 bits per heavy atom. The van der Waals surface area contributed by atoms with Crippen molar-refractivity contribution in [3.63, 3.8) is 0 Å². The molecular weight excluding hydrogens is 444 g/mol. The van der Waals surface area contributed by atoms with Gasteiger partial charge in [-0.15, -0.1) is 0 Å². The van der Waals surface area contributed by atoms with Gasteiger partial charge in [0.1, 0.15) is 17.1 Å². The number of nitrogens with zero attached hydrogens (tertiary/aromatic N) is 5. The molecule has 0 aliphatic heterocycles. The molecule has 9 heteroatoms. The van der Waals surface area contributed by atoms with Crippen LogP contribution in [0, 0.1) is 0 Å². The molecule has 0 spiro atoms. The summed E-state index contributed by atoms with van der Waals surface area (Å²) in [5.41, 5.74) is 3.44. The number of pyridine rings is 1. The van der Waals surface area contributed by atoms with Crippen molar-refractivity contribution >= 4 is 17.0 Å². The highest BCUT2D eigenvalue weighted by Gasteiger charge is 2.16. The first-order valence-corrected chi connectivity index (χ1v) is 11.7. The largest absolute Gasteiger partial charge is 0.497 e. The summed E-state index contributed by atoms with van der Waals surface area (Å²) in [5, 5.41) is 7.77. The van der Waals surface area contributed by atoms with Gasteiger partial charge >= 0.3 is 0 Å². The molecule has 3 heterocycles. The van der Waals surface area contributed by atoms with Crippen molar-refractivity contribution in [2.45, 2.75) is 33.4 Å². The van der Waals surface area contributed by atoms with E-state index in [1.807, 2.05) is 49.6 Å². The van der Waals surface area contributed by atoms with E-state index in [0.29, 0.717) is 35.3 Å². The molecule has 1 N–H and O–H groups in total. The van der Waals surface area contributed by atoms with Crippen LogP contribution in [0.1, 0.15) is 20.8 Å². The lowest BCUT2D eigenvalue weighted by atomic mass is 10.2. The average Bonchev–Trinajstić information content (AvgIpc) is 3.35. The minimum atomic E-state index is -0.143. The summed E-state index contributed by atoms with van der Waals surface area (Å²) < 4.78 is 14.4. The maximum absolute atomic E-state index is 13.5. The first-order chi connectivity index (χ1) is 16.9. The summed E-state index contributed by atoms with van der Waals surface area (Å²) in [7, 11) is 3.26. The molecule has 3 aromatic heterocycles. The molecule has 4 aromatic rings. The first-order valence-electron chi connectivity index (χ1n) is 11.7. The fourth-order valence-electron chi connectivity index (χ4n) is 3.92. The Kier molecular flexibility index (Phi) is 7.36. The maximum Gasteiger partial charge on any atom is 0.265 e. The number of nitrogens with one attached hydrogen (secondary N) is 1. The first kappa shape index (κ1) is 24.3. The Hall–Kier alpha value is -3.85. The van der Waals surface area contributed by atoms with Crippen LogP contribution in [-0.4, -0.2) is 52.5 Å². The predicted octanol–water partition coefficient (Wildman–Crippen LogP) is 3.73. The van der Waals surface area contributed by atoms with Gasteiger partial charge in [-0.1, -0.05) is 13.8 Å². The molecule has 35 heavy (non-hydrogen) atoms. The highest BCUT2D eigenvalue weighted by Crippen LogP contribution is 2.32. The zero-order valence-corrected chi connectivity index (χ0v) is 20.9. The lowest BCUT2D eigenvalue weighted by Crippen LogP contribution is -2.33. The van der Waals surface area contributed by atoms with Gasteiger partial charge in [0.25, 0.3) is 5.56 Å². The zero-order chi connectivity index (χ0) is 24.9. The molecule has 0 amide bonds. The number of hydrogen-bond acceptors (Lipinski definition) is 7. The number of benzene rings is 1. The summed E-state index contributed by atoms with van der Waals surface area (Å²) in [6.07, 6.45) is 7.01. The van der Waals surface area contributed by atoms with Crippen LogP contribution in [-0.2, 0) is 6.54 Å². The van der Waals surface area contributed by atoms with Crippen LogP contribution in [0.15, 0.2) is 59.9 Å². The van der Waals surface area contributed by atoms with Crippen molar-refractivity contribution in [2.24, 2.45) is 0 Å². The van der Waals surface area contributed by atoms with Gasteiger partial charge in [0, 0.05) is 73.7 Å². The molecule has 0 unspecified atom stereocenters. The smallest absolute Gasteiger partial charge is 0.265 e. The van der Waals surface area contributed by atoms with Crippen molar-refractivity contribution in [1.82, 2.24) is 24.5 Å². The number of aromatic nitrogens is 4. The number of aryl methyl sites for hydroxylation is 1. The predicted molar refractivity (Wildman–Crippen MR) is 138 cm³/mol. The van der Waals surface area contributed by atoms with Crippen molar-refractivity contribution in [2.75, 3.05) is 32.2 Å². The van der Waals surface area contributed by atoms with Crippen LogP contribution in [0.25, 0.3) is 16.8 Å². The van der Waals surface area contributed by atoms with E-state index < -0.39 is 0 Å². The third-order valence-electron chi connectivity index (χ3n) is 5.80. The Morgan fingerprint density at radius 2 is 1.77 bits per heavy atom. The summed E-state index contributed by atoms with van der Waals surface area (Å²) in [6.45, 7) is 8.38. The summed E-state index contributed by atoms with van der Waals surface area (Å²) in [6, 6.07) is 9.93.